The molecular weight excluding hydrogens is 164 g/mol. The van der Waals surface area contributed by atoms with Crippen molar-refractivity contribution in [3.8, 4) is 0 Å². The predicted octanol–water partition coefficient (Wildman–Crippen LogP) is 0.909. The fourth-order valence-corrected chi connectivity index (χ4v) is 1.16. The largest absolute Gasteiger partial charge is 0.382 e. The molecule has 13 heavy (non-hydrogen) atoms. The molecule has 0 fully saturated rings. The minimum atomic E-state index is 0.550. The molecule has 0 radical (unpaired) electrons. The molecule has 0 bridgehead atoms. The molecular formula is C9H10N4. The van der Waals surface area contributed by atoms with E-state index < -0.39 is 0 Å². The van der Waals surface area contributed by atoms with Crippen LogP contribution in [0.25, 0.3) is 0 Å². The van der Waals surface area contributed by atoms with Crippen molar-refractivity contribution >= 4 is 5.82 Å². The van der Waals surface area contributed by atoms with E-state index in [1.165, 1.54) is 5.56 Å². The van der Waals surface area contributed by atoms with Gasteiger partial charge in [-0.05, 0) is 17.7 Å². The summed E-state index contributed by atoms with van der Waals surface area (Å²) in [5.41, 5.74) is 6.68. The number of rotatable bonds is 2. The quantitative estimate of drug-likeness (QED) is 0.736. The van der Waals surface area contributed by atoms with E-state index in [1.54, 1.807) is 24.9 Å². The monoisotopic (exact) mass is 174 g/mol. The predicted molar refractivity (Wildman–Crippen MR) is 50.0 cm³/mol. The lowest BCUT2D eigenvalue weighted by Gasteiger charge is -2.00. The second-order valence-electron chi connectivity index (χ2n) is 2.83. The van der Waals surface area contributed by atoms with Crippen LogP contribution in [0.2, 0.25) is 0 Å². The maximum absolute atomic E-state index is 5.49. The maximum atomic E-state index is 5.49. The lowest BCUT2D eigenvalue weighted by Crippen LogP contribution is -1.96. The molecule has 0 atom stereocenters. The number of nitrogens with two attached hydrogens (primary N) is 1. The molecule has 2 rings (SSSR count). The molecule has 4 heteroatoms. The van der Waals surface area contributed by atoms with E-state index in [2.05, 4.69) is 9.97 Å². The molecule has 0 unspecified atom stereocenters. The number of nitrogen functional groups attached to an aromatic ring is 1. The Balaban J connectivity index is 2.15. The van der Waals surface area contributed by atoms with Crippen molar-refractivity contribution in [1.82, 2.24) is 14.5 Å². The molecule has 2 aromatic rings. The highest BCUT2D eigenvalue weighted by molar-refractivity contribution is 5.23. The van der Waals surface area contributed by atoms with Gasteiger partial charge in [0.2, 0.25) is 0 Å². The van der Waals surface area contributed by atoms with E-state index in [1.807, 2.05) is 16.7 Å². The minimum absolute atomic E-state index is 0.550. The molecule has 66 valence electrons. The molecule has 0 aliphatic heterocycles. The third kappa shape index (κ3) is 1.84. The highest BCUT2D eigenvalue weighted by Gasteiger charge is 1.95. The van der Waals surface area contributed by atoms with Gasteiger partial charge < -0.3 is 10.3 Å². The lowest BCUT2D eigenvalue weighted by molar-refractivity contribution is 0.796. The summed E-state index contributed by atoms with van der Waals surface area (Å²) in [6, 6.07) is 3.94. The summed E-state index contributed by atoms with van der Waals surface area (Å²) in [7, 11) is 0. The van der Waals surface area contributed by atoms with Crippen LogP contribution in [-0.2, 0) is 6.54 Å². The van der Waals surface area contributed by atoms with Crippen molar-refractivity contribution in [3.63, 3.8) is 0 Å². The summed E-state index contributed by atoms with van der Waals surface area (Å²) in [4.78, 5) is 7.88. The van der Waals surface area contributed by atoms with Gasteiger partial charge in [-0.1, -0.05) is 0 Å². The van der Waals surface area contributed by atoms with Crippen molar-refractivity contribution in [2.24, 2.45) is 0 Å². The van der Waals surface area contributed by atoms with Gasteiger partial charge in [-0.3, -0.25) is 4.98 Å². The minimum Gasteiger partial charge on any atom is -0.382 e. The highest BCUT2D eigenvalue weighted by atomic mass is 15.1. The summed E-state index contributed by atoms with van der Waals surface area (Å²) in [6.07, 6.45) is 7.07. The molecule has 4 nitrogen and oxygen atoms in total. The molecule has 0 aliphatic carbocycles. The zero-order chi connectivity index (χ0) is 9.10. The molecule has 2 heterocycles. The van der Waals surface area contributed by atoms with Crippen LogP contribution in [0.1, 0.15) is 5.56 Å². The number of pyridine rings is 1. The number of imidazole rings is 1. The molecule has 2 aromatic heterocycles. The summed E-state index contributed by atoms with van der Waals surface area (Å²) in [5, 5.41) is 0. The van der Waals surface area contributed by atoms with Crippen molar-refractivity contribution < 1.29 is 0 Å². The number of hydrogen-bond acceptors (Lipinski definition) is 3. The van der Waals surface area contributed by atoms with Gasteiger partial charge in [0.15, 0.2) is 0 Å². The third-order valence-electron chi connectivity index (χ3n) is 1.77. The van der Waals surface area contributed by atoms with Crippen LogP contribution in [0.15, 0.2) is 37.1 Å². The number of anilines is 1. The van der Waals surface area contributed by atoms with Gasteiger partial charge >= 0.3 is 0 Å². The van der Waals surface area contributed by atoms with E-state index >= 15 is 0 Å². The zero-order valence-corrected chi connectivity index (χ0v) is 7.09. The van der Waals surface area contributed by atoms with Crippen LogP contribution in [0.5, 0.6) is 0 Å². The second-order valence-corrected chi connectivity index (χ2v) is 2.83. The molecule has 0 aliphatic rings. The van der Waals surface area contributed by atoms with Gasteiger partial charge in [0, 0.05) is 25.1 Å². The first-order chi connectivity index (χ1) is 6.34. The molecule has 0 saturated carbocycles. The Morgan fingerprint density at radius 3 is 2.69 bits per heavy atom. The van der Waals surface area contributed by atoms with Crippen LogP contribution in [0.3, 0.4) is 0 Å². The van der Waals surface area contributed by atoms with Crippen LogP contribution >= 0.6 is 0 Å². The van der Waals surface area contributed by atoms with E-state index in [4.69, 9.17) is 5.73 Å². The van der Waals surface area contributed by atoms with Gasteiger partial charge in [0.1, 0.15) is 5.82 Å². The molecule has 0 spiro atoms. The SMILES string of the molecule is Nc1cn(Cc2ccncc2)cn1. The Bertz CT molecular complexity index is 380. The highest BCUT2D eigenvalue weighted by Crippen LogP contribution is 2.02. The summed E-state index contributed by atoms with van der Waals surface area (Å²) < 4.78 is 1.94. The molecule has 0 aromatic carbocycles. The van der Waals surface area contributed by atoms with Gasteiger partial charge in [0.05, 0.1) is 6.33 Å². The average Bonchev–Trinajstić information content (AvgIpc) is 2.53. The third-order valence-corrected chi connectivity index (χ3v) is 1.77. The van der Waals surface area contributed by atoms with Crippen molar-refractivity contribution in [3.05, 3.63) is 42.6 Å². The summed E-state index contributed by atoms with van der Waals surface area (Å²) in [6.45, 7) is 0.784. The van der Waals surface area contributed by atoms with Gasteiger partial charge in [-0.25, -0.2) is 4.98 Å². The Morgan fingerprint density at radius 2 is 2.08 bits per heavy atom. The molecule has 2 N–H and O–H groups in total. The maximum Gasteiger partial charge on any atom is 0.141 e. The van der Waals surface area contributed by atoms with Crippen molar-refractivity contribution in [2.45, 2.75) is 6.54 Å². The summed E-state index contributed by atoms with van der Waals surface area (Å²) >= 11 is 0. The smallest absolute Gasteiger partial charge is 0.141 e. The lowest BCUT2D eigenvalue weighted by atomic mass is 10.3. The fraction of sp³-hybridized carbons (Fsp3) is 0.111. The second kappa shape index (κ2) is 3.26. The van der Waals surface area contributed by atoms with E-state index in [0.29, 0.717) is 5.82 Å². The molecule has 0 saturated heterocycles. The first-order valence-electron chi connectivity index (χ1n) is 4.01. The van der Waals surface area contributed by atoms with E-state index in [0.717, 1.165) is 6.54 Å². The van der Waals surface area contributed by atoms with Crippen LogP contribution < -0.4 is 5.73 Å². The fourth-order valence-electron chi connectivity index (χ4n) is 1.16. The van der Waals surface area contributed by atoms with E-state index in [-0.39, 0.29) is 0 Å². The molecule has 0 amide bonds. The van der Waals surface area contributed by atoms with Gasteiger partial charge in [-0.2, -0.15) is 0 Å². The average molecular weight is 174 g/mol. The van der Waals surface area contributed by atoms with E-state index in [9.17, 15) is 0 Å². The topological polar surface area (TPSA) is 56.7 Å². The van der Waals surface area contributed by atoms with Crippen molar-refractivity contribution in [1.29, 1.82) is 0 Å². The standard InChI is InChI=1S/C9H10N4/c10-9-6-13(7-12-9)5-8-1-3-11-4-2-8/h1-4,6-7H,5,10H2. The van der Waals surface area contributed by atoms with Crippen molar-refractivity contribution in [2.75, 3.05) is 5.73 Å². The Hall–Kier alpha value is -1.84. The van der Waals surface area contributed by atoms with Crippen LogP contribution in [0.4, 0.5) is 5.82 Å². The van der Waals surface area contributed by atoms with Crippen LogP contribution in [0, 0.1) is 0 Å². The first-order valence-corrected chi connectivity index (χ1v) is 4.01. The Kier molecular flexibility index (Phi) is 1.96. The summed E-state index contributed by atoms with van der Waals surface area (Å²) in [5.74, 6) is 0.550. The van der Waals surface area contributed by atoms with Gasteiger partial charge in [-0.15, -0.1) is 0 Å². The first kappa shape index (κ1) is 7.79. The normalized spacial score (nSPS) is 10.2. The zero-order valence-electron chi connectivity index (χ0n) is 7.09. The number of aromatic nitrogens is 3. The number of hydrogen-bond donors (Lipinski definition) is 1. The van der Waals surface area contributed by atoms with Crippen LogP contribution in [-0.4, -0.2) is 14.5 Å². The number of nitrogens with zero attached hydrogens (tertiary/aromatic N) is 3. The van der Waals surface area contributed by atoms with Gasteiger partial charge in [0.25, 0.3) is 0 Å². The Labute approximate surface area is 76.1 Å². The Morgan fingerprint density at radius 1 is 1.31 bits per heavy atom.